The van der Waals surface area contributed by atoms with Crippen LogP contribution < -0.4 is 0 Å². The predicted molar refractivity (Wildman–Crippen MR) is 80.7 cm³/mol. The van der Waals surface area contributed by atoms with Gasteiger partial charge < -0.3 is 0 Å². The van der Waals surface area contributed by atoms with Gasteiger partial charge in [-0.3, -0.25) is 9.78 Å². The van der Waals surface area contributed by atoms with E-state index in [0.717, 1.165) is 21.4 Å². The summed E-state index contributed by atoms with van der Waals surface area (Å²) in [6.07, 6.45) is 2.38. The zero-order valence-electron chi connectivity index (χ0n) is 10.4. The Labute approximate surface area is 124 Å². The molecule has 0 saturated heterocycles. The number of hydrogen-bond acceptors (Lipinski definition) is 3. The van der Waals surface area contributed by atoms with E-state index in [1.165, 1.54) is 4.68 Å². The zero-order valence-corrected chi connectivity index (χ0v) is 12.0. The molecule has 98 valence electrons. The minimum absolute atomic E-state index is 0.679. The molecule has 4 nitrogen and oxygen atoms in total. The first kappa shape index (κ1) is 12.7. The number of nitrogens with zero attached hydrogens (tertiary/aromatic N) is 3. The summed E-state index contributed by atoms with van der Waals surface area (Å²) in [6.45, 7) is 0. The maximum absolute atomic E-state index is 11.2. The van der Waals surface area contributed by atoms with Crippen LogP contribution in [0.15, 0.2) is 59.2 Å². The van der Waals surface area contributed by atoms with Crippen molar-refractivity contribution in [2.45, 2.75) is 0 Å². The molecule has 2 aromatic heterocycles. The van der Waals surface area contributed by atoms with Crippen LogP contribution in [0.4, 0.5) is 0 Å². The molecule has 0 amide bonds. The minimum atomic E-state index is 0.679. The van der Waals surface area contributed by atoms with E-state index in [9.17, 15) is 4.79 Å². The van der Waals surface area contributed by atoms with Gasteiger partial charge in [-0.05, 0) is 30.3 Å². The van der Waals surface area contributed by atoms with Gasteiger partial charge in [-0.25, -0.2) is 4.68 Å². The molecule has 0 bridgehead atoms. The summed E-state index contributed by atoms with van der Waals surface area (Å²) in [4.78, 5) is 15.4. The van der Waals surface area contributed by atoms with E-state index in [4.69, 9.17) is 0 Å². The summed E-state index contributed by atoms with van der Waals surface area (Å²) < 4.78 is 2.31. The maximum Gasteiger partial charge on any atom is 0.234 e. The lowest BCUT2D eigenvalue weighted by atomic mass is 10.1. The summed E-state index contributed by atoms with van der Waals surface area (Å²) in [5.41, 5.74) is 3.09. The predicted octanol–water partition coefficient (Wildman–Crippen LogP) is 3.41. The molecule has 0 N–H and O–H groups in total. The second kappa shape index (κ2) is 5.38. The quantitative estimate of drug-likeness (QED) is 0.692. The fourth-order valence-corrected chi connectivity index (χ4v) is 2.21. The summed E-state index contributed by atoms with van der Waals surface area (Å²) in [7, 11) is 0. The van der Waals surface area contributed by atoms with Crippen LogP contribution in [0.5, 0.6) is 0 Å². The largest absolute Gasteiger partial charge is 0.276 e. The van der Waals surface area contributed by atoms with E-state index >= 15 is 0 Å². The lowest BCUT2D eigenvalue weighted by Gasteiger charge is -1.97. The molecular weight excluding hydrogens is 318 g/mol. The molecule has 0 aliphatic rings. The van der Waals surface area contributed by atoms with Gasteiger partial charge in [0.05, 0.1) is 17.1 Å². The highest BCUT2D eigenvalue weighted by Crippen LogP contribution is 2.25. The summed E-state index contributed by atoms with van der Waals surface area (Å²) in [5.74, 6) is 0. The van der Waals surface area contributed by atoms with Gasteiger partial charge in [-0.2, -0.15) is 5.10 Å². The molecule has 20 heavy (non-hydrogen) atoms. The van der Waals surface area contributed by atoms with Gasteiger partial charge in [0.1, 0.15) is 0 Å². The van der Waals surface area contributed by atoms with Gasteiger partial charge >= 0.3 is 0 Å². The molecule has 5 heteroatoms. The van der Waals surface area contributed by atoms with Gasteiger partial charge in [0.2, 0.25) is 6.41 Å². The Balaban J connectivity index is 2.09. The highest BCUT2D eigenvalue weighted by atomic mass is 79.9. The lowest BCUT2D eigenvalue weighted by molar-refractivity contribution is 0.541. The Morgan fingerprint density at radius 2 is 1.85 bits per heavy atom. The Hall–Kier alpha value is -2.27. The molecule has 1 aromatic carbocycles. The van der Waals surface area contributed by atoms with Crippen LogP contribution in [-0.4, -0.2) is 21.2 Å². The number of halogens is 1. The smallest absolute Gasteiger partial charge is 0.234 e. The van der Waals surface area contributed by atoms with Gasteiger partial charge in [-0.1, -0.05) is 34.1 Å². The second-order valence-electron chi connectivity index (χ2n) is 4.19. The van der Waals surface area contributed by atoms with Crippen LogP contribution in [-0.2, 0) is 4.79 Å². The van der Waals surface area contributed by atoms with Crippen LogP contribution in [0.2, 0.25) is 0 Å². The fourth-order valence-electron chi connectivity index (χ4n) is 1.94. The number of benzene rings is 1. The van der Waals surface area contributed by atoms with Gasteiger partial charge in [0.25, 0.3) is 0 Å². The maximum atomic E-state index is 11.2. The van der Waals surface area contributed by atoms with E-state index < -0.39 is 0 Å². The molecule has 0 spiro atoms. The monoisotopic (exact) mass is 327 g/mol. The third-order valence-electron chi connectivity index (χ3n) is 2.90. The molecule has 2 heterocycles. The van der Waals surface area contributed by atoms with Crippen molar-refractivity contribution >= 4 is 22.3 Å². The van der Waals surface area contributed by atoms with E-state index in [1.807, 2.05) is 48.5 Å². The van der Waals surface area contributed by atoms with E-state index in [1.54, 1.807) is 6.20 Å². The Morgan fingerprint density at radius 3 is 2.50 bits per heavy atom. The molecular formula is C15H10BrN3O. The molecule has 0 aliphatic carbocycles. The minimum Gasteiger partial charge on any atom is -0.276 e. The Kier molecular flexibility index (Phi) is 3.43. The van der Waals surface area contributed by atoms with Crippen molar-refractivity contribution in [2.75, 3.05) is 0 Å². The SMILES string of the molecule is O=Cn1nc(-c2ccc(Br)cc2)cc1-c1ccccn1. The van der Waals surface area contributed by atoms with Crippen molar-refractivity contribution in [1.82, 2.24) is 14.8 Å². The number of carbonyl (C=O) groups excluding carboxylic acids is 1. The normalized spacial score (nSPS) is 10.4. The third kappa shape index (κ3) is 2.40. The average Bonchev–Trinajstić information content (AvgIpc) is 2.93. The molecule has 3 rings (SSSR count). The van der Waals surface area contributed by atoms with Crippen molar-refractivity contribution < 1.29 is 4.79 Å². The first-order chi connectivity index (χ1) is 9.78. The van der Waals surface area contributed by atoms with Crippen molar-refractivity contribution in [3.05, 3.63) is 59.2 Å². The number of pyridine rings is 1. The second-order valence-corrected chi connectivity index (χ2v) is 5.10. The van der Waals surface area contributed by atoms with Crippen molar-refractivity contribution in [2.24, 2.45) is 0 Å². The first-order valence-corrected chi connectivity index (χ1v) is 6.79. The van der Waals surface area contributed by atoms with Crippen LogP contribution >= 0.6 is 15.9 Å². The summed E-state index contributed by atoms with van der Waals surface area (Å²) >= 11 is 3.40. The van der Waals surface area contributed by atoms with Crippen LogP contribution in [0.1, 0.15) is 0 Å². The number of rotatable bonds is 3. The number of hydrogen-bond donors (Lipinski definition) is 0. The fraction of sp³-hybridized carbons (Fsp3) is 0. The van der Waals surface area contributed by atoms with Crippen molar-refractivity contribution in [3.63, 3.8) is 0 Å². The number of carbonyl (C=O) groups is 1. The van der Waals surface area contributed by atoms with Gasteiger partial charge in [0.15, 0.2) is 0 Å². The van der Waals surface area contributed by atoms with Crippen LogP contribution in [0.25, 0.3) is 22.6 Å². The molecule has 0 aliphatic heterocycles. The van der Waals surface area contributed by atoms with Gasteiger partial charge in [-0.15, -0.1) is 0 Å². The molecule has 0 radical (unpaired) electrons. The average molecular weight is 328 g/mol. The lowest BCUT2D eigenvalue weighted by Crippen LogP contribution is -2.00. The third-order valence-corrected chi connectivity index (χ3v) is 3.43. The number of aromatic nitrogens is 3. The summed E-state index contributed by atoms with van der Waals surface area (Å²) in [6, 6.07) is 15.2. The van der Waals surface area contributed by atoms with Gasteiger partial charge in [0, 0.05) is 16.2 Å². The molecule has 0 unspecified atom stereocenters. The topological polar surface area (TPSA) is 47.8 Å². The highest BCUT2D eigenvalue weighted by molar-refractivity contribution is 9.10. The van der Waals surface area contributed by atoms with E-state index in [0.29, 0.717) is 12.1 Å². The van der Waals surface area contributed by atoms with E-state index in [2.05, 4.69) is 26.0 Å². The molecule has 0 saturated carbocycles. The van der Waals surface area contributed by atoms with E-state index in [-0.39, 0.29) is 0 Å². The zero-order chi connectivity index (χ0) is 13.9. The van der Waals surface area contributed by atoms with Crippen molar-refractivity contribution in [3.8, 4) is 22.6 Å². The summed E-state index contributed by atoms with van der Waals surface area (Å²) in [5, 5.41) is 4.30. The molecule has 0 fully saturated rings. The standard InChI is InChI=1S/C15H10BrN3O/c16-12-6-4-11(5-7-12)14-9-15(19(10-20)18-14)13-3-1-2-8-17-13/h1-10H. The van der Waals surface area contributed by atoms with Crippen LogP contribution in [0, 0.1) is 0 Å². The Bertz CT molecular complexity index is 736. The Morgan fingerprint density at radius 1 is 1.05 bits per heavy atom. The molecule has 0 atom stereocenters. The molecule has 3 aromatic rings. The first-order valence-electron chi connectivity index (χ1n) is 6.00. The van der Waals surface area contributed by atoms with Crippen molar-refractivity contribution in [1.29, 1.82) is 0 Å². The highest BCUT2D eigenvalue weighted by Gasteiger charge is 2.11. The van der Waals surface area contributed by atoms with Crippen LogP contribution in [0.3, 0.4) is 0 Å².